The lowest BCUT2D eigenvalue weighted by Gasteiger charge is -2.32. The maximum Gasteiger partial charge on any atom is 0.318 e. The van der Waals surface area contributed by atoms with E-state index < -0.39 is 0 Å². The summed E-state index contributed by atoms with van der Waals surface area (Å²) in [6.45, 7) is 0. The lowest BCUT2D eigenvalue weighted by Crippen LogP contribution is -2.33. The molecule has 0 aliphatic carbocycles. The van der Waals surface area contributed by atoms with Crippen LogP contribution in [0.3, 0.4) is 0 Å². The van der Waals surface area contributed by atoms with Gasteiger partial charge in [0.2, 0.25) is 0 Å². The van der Waals surface area contributed by atoms with E-state index in [2.05, 4.69) is 173 Å². The molecule has 6 heterocycles. The Hall–Kier alpha value is -7.06. The molecule has 0 saturated carbocycles. The molecule has 0 amide bonds. The van der Waals surface area contributed by atoms with E-state index in [0.29, 0.717) is 0 Å². The number of fused-ring (bicyclic) bond motifs is 18. The van der Waals surface area contributed by atoms with Crippen LogP contribution < -0.4 is 5.46 Å². The van der Waals surface area contributed by atoms with Gasteiger partial charge in [0.25, 0.3) is 0 Å². The zero-order chi connectivity index (χ0) is 39.5. The Balaban J connectivity index is 0.911. The molecule has 13 aromatic rings. The summed E-state index contributed by atoms with van der Waals surface area (Å²) < 4.78 is 17.8. The number of aromatic nitrogens is 2. The first-order valence-corrected chi connectivity index (χ1v) is 22.4. The molecule has 2 aliphatic rings. The normalized spacial score (nSPS) is 13.4. The van der Waals surface area contributed by atoms with Gasteiger partial charge in [-0.25, -0.2) is 0 Å². The van der Waals surface area contributed by atoms with E-state index in [1.807, 2.05) is 35.4 Å². The SMILES string of the molecule is c1cc2c3c(c1)-c1ccc(-n4c5ccccc5c5ccc6oc7ccccc7c6c54)cc1SB3Sc1cc(-n3c4ccccc4c4ccc5oc6ccccc6c5c43)ccc1-2. The summed E-state index contributed by atoms with van der Waals surface area (Å²) in [4.78, 5) is 2.59. The largest absolute Gasteiger partial charge is 0.456 e. The number of rotatable bonds is 2. The molecule has 0 spiro atoms. The van der Waals surface area contributed by atoms with Crippen LogP contribution in [-0.2, 0) is 0 Å². The Morgan fingerprint density at radius 3 is 1.33 bits per heavy atom. The van der Waals surface area contributed by atoms with Crippen molar-refractivity contribution < 1.29 is 8.83 Å². The summed E-state index contributed by atoms with van der Waals surface area (Å²) in [5.41, 5.74) is 17.4. The number of nitrogens with zero attached hydrogens (tertiary/aromatic N) is 2. The lowest BCUT2D eigenvalue weighted by atomic mass is 9.77. The predicted octanol–water partition coefficient (Wildman–Crippen LogP) is 14.9. The second-order valence-corrected chi connectivity index (χ2v) is 18.9. The third-order valence-corrected chi connectivity index (χ3v) is 15.8. The average Bonchev–Trinajstić information content (AvgIpc) is 4.06. The molecule has 0 radical (unpaired) electrons. The van der Waals surface area contributed by atoms with Crippen LogP contribution in [0.15, 0.2) is 195 Å². The summed E-state index contributed by atoms with van der Waals surface area (Å²) in [6.07, 6.45) is 0. The van der Waals surface area contributed by atoms with E-state index in [1.165, 1.54) is 81.1 Å². The summed E-state index contributed by atoms with van der Waals surface area (Å²) in [5.74, 6) is 0. The van der Waals surface area contributed by atoms with Crippen LogP contribution in [0.2, 0.25) is 0 Å². The van der Waals surface area contributed by atoms with Gasteiger partial charge in [-0.15, -0.1) is 0 Å². The van der Waals surface area contributed by atoms with Gasteiger partial charge in [0.15, 0.2) is 0 Å². The molecule has 282 valence electrons. The third kappa shape index (κ3) is 4.29. The van der Waals surface area contributed by atoms with Gasteiger partial charge in [-0.05, 0) is 101 Å². The smallest absolute Gasteiger partial charge is 0.318 e. The van der Waals surface area contributed by atoms with Crippen LogP contribution in [0.5, 0.6) is 0 Å². The van der Waals surface area contributed by atoms with Crippen molar-refractivity contribution in [2.24, 2.45) is 0 Å². The maximum absolute atomic E-state index is 6.43. The molecule has 0 fully saturated rings. The first-order valence-electron chi connectivity index (χ1n) is 20.7. The Morgan fingerprint density at radius 1 is 0.361 bits per heavy atom. The van der Waals surface area contributed by atoms with E-state index in [-0.39, 0.29) is 5.27 Å². The molecule has 61 heavy (non-hydrogen) atoms. The molecule has 4 nitrogen and oxygen atoms in total. The molecule has 15 rings (SSSR count). The van der Waals surface area contributed by atoms with Crippen molar-refractivity contribution in [2.45, 2.75) is 9.79 Å². The Morgan fingerprint density at radius 2 is 0.820 bits per heavy atom. The molecule has 4 aromatic heterocycles. The number of hydrogen-bond acceptors (Lipinski definition) is 4. The number of benzene rings is 9. The first kappa shape index (κ1) is 32.8. The van der Waals surface area contributed by atoms with Crippen molar-refractivity contribution in [3.8, 4) is 33.6 Å². The molecule has 0 bridgehead atoms. The van der Waals surface area contributed by atoms with Crippen LogP contribution in [0.1, 0.15) is 0 Å². The van der Waals surface area contributed by atoms with Crippen LogP contribution in [-0.4, -0.2) is 14.4 Å². The maximum atomic E-state index is 6.43. The molecule has 2 aliphatic heterocycles. The van der Waals surface area contributed by atoms with Crippen molar-refractivity contribution in [1.82, 2.24) is 9.13 Å². The average molecular weight is 813 g/mol. The standard InChI is InChI=1S/C54H29BN2O2S2/c1-5-16-42-32(10-1)38-24-26-46-50(40-12-3-7-18-44(40)58-46)53(38)56(42)30-20-22-34-36-14-9-15-37-35-23-21-31(29-49(35)61-55(52(36)37)60-48(34)28-30)57-43-17-6-2-11-33(43)39-25-27-47-51(54(39)57)41-13-4-8-19-45(41)59-47/h1-29H. The molecule has 0 unspecified atom stereocenters. The van der Waals surface area contributed by atoms with Crippen molar-refractivity contribution in [1.29, 1.82) is 0 Å². The Kier molecular flexibility index (Phi) is 6.35. The van der Waals surface area contributed by atoms with Gasteiger partial charge < -0.3 is 18.0 Å². The highest BCUT2D eigenvalue weighted by molar-refractivity contribution is 8.56. The predicted molar refractivity (Wildman–Crippen MR) is 258 cm³/mol. The first-order chi connectivity index (χ1) is 30.2. The minimum absolute atomic E-state index is 0.196. The van der Waals surface area contributed by atoms with Gasteiger partial charge in [0.1, 0.15) is 22.3 Å². The number of furan rings is 2. The van der Waals surface area contributed by atoms with Crippen molar-refractivity contribution in [2.75, 3.05) is 0 Å². The van der Waals surface area contributed by atoms with Gasteiger partial charge in [-0.3, -0.25) is 0 Å². The second kappa shape index (κ2) is 11.8. The van der Waals surface area contributed by atoms with Crippen molar-refractivity contribution in [3.63, 3.8) is 0 Å². The molecular formula is C54H29BN2O2S2. The third-order valence-electron chi connectivity index (χ3n) is 13.2. The van der Waals surface area contributed by atoms with Gasteiger partial charge in [0, 0.05) is 53.5 Å². The minimum Gasteiger partial charge on any atom is -0.456 e. The lowest BCUT2D eigenvalue weighted by molar-refractivity contribution is 0.669. The highest BCUT2D eigenvalue weighted by Gasteiger charge is 2.37. The Bertz CT molecular complexity index is 3840. The number of para-hydroxylation sites is 4. The molecule has 0 saturated heterocycles. The van der Waals surface area contributed by atoms with E-state index in [0.717, 1.165) is 55.3 Å². The topological polar surface area (TPSA) is 36.1 Å². The Labute approximate surface area is 356 Å². The highest BCUT2D eigenvalue weighted by atomic mass is 32.2. The summed E-state index contributed by atoms with van der Waals surface area (Å²) in [6, 6.07) is 64.2. The van der Waals surface area contributed by atoms with Crippen LogP contribution >= 0.6 is 23.2 Å². The highest BCUT2D eigenvalue weighted by Crippen LogP contribution is 2.51. The summed E-state index contributed by atoms with van der Waals surface area (Å²) in [7, 11) is 0. The van der Waals surface area contributed by atoms with Crippen LogP contribution in [0, 0.1) is 0 Å². The monoisotopic (exact) mass is 812 g/mol. The second-order valence-electron chi connectivity index (χ2n) is 16.3. The fourth-order valence-electron chi connectivity index (χ4n) is 10.7. The molecule has 0 atom stereocenters. The van der Waals surface area contributed by atoms with Crippen LogP contribution in [0.4, 0.5) is 0 Å². The van der Waals surface area contributed by atoms with E-state index >= 15 is 0 Å². The molecule has 0 N–H and O–H groups in total. The molecular weight excluding hydrogens is 784 g/mol. The van der Waals surface area contributed by atoms with Crippen molar-refractivity contribution in [3.05, 3.63) is 176 Å². The number of hydrogen-bond donors (Lipinski definition) is 0. The minimum atomic E-state index is 0.196. The van der Waals surface area contributed by atoms with E-state index in [4.69, 9.17) is 8.83 Å². The quantitative estimate of drug-likeness (QED) is 0.163. The zero-order valence-electron chi connectivity index (χ0n) is 32.3. The van der Waals surface area contributed by atoms with Crippen molar-refractivity contribution >= 4 is 121 Å². The van der Waals surface area contributed by atoms with Crippen LogP contribution in [0.25, 0.3) is 121 Å². The molecule has 7 heteroatoms. The van der Waals surface area contributed by atoms with E-state index in [1.54, 1.807) is 0 Å². The fourth-order valence-corrected chi connectivity index (χ4v) is 13.7. The van der Waals surface area contributed by atoms with Gasteiger partial charge in [-0.2, -0.15) is 23.2 Å². The summed E-state index contributed by atoms with van der Waals surface area (Å²) in [5, 5.41) is 9.74. The van der Waals surface area contributed by atoms with Gasteiger partial charge in [-0.1, -0.05) is 103 Å². The van der Waals surface area contributed by atoms with Gasteiger partial charge in [0.05, 0.1) is 32.8 Å². The van der Waals surface area contributed by atoms with E-state index in [9.17, 15) is 0 Å². The zero-order valence-corrected chi connectivity index (χ0v) is 34.0. The molecule has 9 aromatic carbocycles. The van der Waals surface area contributed by atoms with Gasteiger partial charge >= 0.3 is 5.27 Å². The fraction of sp³-hybridized carbons (Fsp3) is 0. The summed E-state index contributed by atoms with van der Waals surface area (Å²) >= 11 is 3.97.